The Balaban J connectivity index is 1.88. The lowest BCUT2D eigenvalue weighted by Gasteiger charge is -2.15. The molecular weight excluding hydrogens is 232 g/mol. The molecule has 4 N–H and O–H groups in total. The van der Waals surface area contributed by atoms with E-state index in [2.05, 4.69) is 10.6 Å². The number of hydrogen-bond donors (Lipinski definition) is 4. The molecule has 1 aliphatic rings. The number of aliphatic hydroxyl groups excluding tert-OH is 1. The molecular formula is C13H20N2O3. The van der Waals surface area contributed by atoms with E-state index < -0.39 is 0 Å². The van der Waals surface area contributed by atoms with Crippen LogP contribution in [0.1, 0.15) is 5.56 Å². The largest absolute Gasteiger partial charge is 0.504 e. The molecule has 2 atom stereocenters. The molecule has 1 aromatic carbocycles. The van der Waals surface area contributed by atoms with Gasteiger partial charge in [0, 0.05) is 37.7 Å². The highest BCUT2D eigenvalue weighted by atomic mass is 16.5. The van der Waals surface area contributed by atoms with Crippen LogP contribution < -0.4 is 15.4 Å². The lowest BCUT2D eigenvalue weighted by molar-refractivity contribution is 0.146. The number of methoxy groups -OCH3 is 1. The van der Waals surface area contributed by atoms with E-state index in [0.717, 1.165) is 18.7 Å². The van der Waals surface area contributed by atoms with E-state index in [-0.39, 0.29) is 17.8 Å². The third-order valence-electron chi connectivity index (χ3n) is 3.31. The second-order valence-electron chi connectivity index (χ2n) is 4.59. The summed E-state index contributed by atoms with van der Waals surface area (Å²) in [5.41, 5.74) is 0.915. The molecule has 1 aromatic rings. The minimum absolute atomic E-state index is 0.152. The molecule has 0 saturated carbocycles. The van der Waals surface area contributed by atoms with Crippen LogP contribution in [0.2, 0.25) is 0 Å². The van der Waals surface area contributed by atoms with Crippen molar-refractivity contribution in [2.45, 2.75) is 12.6 Å². The van der Waals surface area contributed by atoms with Gasteiger partial charge in [0.25, 0.3) is 0 Å². The molecule has 100 valence electrons. The fraction of sp³-hybridized carbons (Fsp3) is 0.538. The average Bonchev–Trinajstić information content (AvgIpc) is 2.75. The van der Waals surface area contributed by atoms with Crippen molar-refractivity contribution in [3.05, 3.63) is 23.8 Å². The van der Waals surface area contributed by atoms with Crippen molar-refractivity contribution in [1.29, 1.82) is 0 Å². The Morgan fingerprint density at radius 3 is 2.94 bits per heavy atom. The summed E-state index contributed by atoms with van der Waals surface area (Å²) in [6, 6.07) is 5.31. The minimum atomic E-state index is -0.274. The maximum absolute atomic E-state index is 9.66. The second-order valence-corrected chi connectivity index (χ2v) is 4.59. The maximum atomic E-state index is 9.66. The van der Waals surface area contributed by atoms with E-state index in [4.69, 9.17) is 4.74 Å². The lowest BCUT2D eigenvalue weighted by Crippen LogP contribution is -2.30. The number of aromatic hydroxyl groups is 1. The molecule has 2 unspecified atom stereocenters. The van der Waals surface area contributed by atoms with Crippen LogP contribution in [0, 0.1) is 5.92 Å². The van der Waals surface area contributed by atoms with Gasteiger partial charge in [-0.25, -0.2) is 0 Å². The van der Waals surface area contributed by atoms with Crippen LogP contribution >= 0.6 is 0 Å². The Morgan fingerprint density at radius 2 is 2.28 bits per heavy atom. The van der Waals surface area contributed by atoms with E-state index in [1.165, 1.54) is 0 Å². The molecule has 0 radical (unpaired) electrons. The number of phenolic OH excluding ortho intramolecular Hbond substituents is 1. The van der Waals surface area contributed by atoms with Gasteiger partial charge in [-0.05, 0) is 6.07 Å². The first-order valence-corrected chi connectivity index (χ1v) is 6.16. The molecule has 0 spiro atoms. The van der Waals surface area contributed by atoms with Crippen LogP contribution in [0.3, 0.4) is 0 Å². The number of para-hydroxylation sites is 1. The third-order valence-corrected chi connectivity index (χ3v) is 3.31. The minimum Gasteiger partial charge on any atom is -0.504 e. The number of β-amino-alcohol motifs (C(OH)–C–C–N with tert-alkyl or cyclic N) is 1. The molecule has 2 rings (SSSR count). The van der Waals surface area contributed by atoms with Gasteiger partial charge in [-0.15, -0.1) is 0 Å². The summed E-state index contributed by atoms with van der Waals surface area (Å²) in [7, 11) is 1.54. The zero-order chi connectivity index (χ0) is 13.0. The highest BCUT2D eigenvalue weighted by molar-refractivity contribution is 5.45. The van der Waals surface area contributed by atoms with Gasteiger partial charge in [-0.2, -0.15) is 0 Å². The molecule has 0 aromatic heterocycles. The molecule has 0 bridgehead atoms. The summed E-state index contributed by atoms with van der Waals surface area (Å²) in [6.07, 6.45) is -0.274. The highest BCUT2D eigenvalue weighted by Crippen LogP contribution is 2.29. The molecule has 5 heteroatoms. The monoisotopic (exact) mass is 252 g/mol. The Labute approximate surface area is 107 Å². The Hall–Kier alpha value is -1.30. The number of hydrogen-bond acceptors (Lipinski definition) is 5. The third kappa shape index (κ3) is 2.93. The van der Waals surface area contributed by atoms with Crippen molar-refractivity contribution in [1.82, 2.24) is 10.6 Å². The Kier molecular flexibility index (Phi) is 4.41. The smallest absolute Gasteiger partial charge is 0.164 e. The van der Waals surface area contributed by atoms with Crippen LogP contribution in [0.25, 0.3) is 0 Å². The van der Waals surface area contributed by atoms with Crippen LogP contribution in [0.4, 0.5) is 0 Å². The average molecular weight is 252 g/mol. The number of phenols is 1. The molecule has 1 heterocycles. The topological polar surface area (TPSA) is 73.8 Å². The number of nitrogens with one attached hydrogen (secondary N) is 2. The predicted molar refractivity (Wildman–Crippen MR) is 68.7 cm³/mol. The second kappa shape index (κ2) is 6.04. The van der Waals surface area contributed by atoms with E-state index in [0.29, 0.717) is 18.8 Å². The Bertz CT molecular complexity index is 398. The molecule has 1 saturated heterocycles. The molecule has 0 amide bonds. The fourth-order valence-corrected chi connectivity index (χ4v) is 2.27. The lowest BCUT2D eigenvalue weighted by atomic mass is 10.1. The quantitative estimate of drug-likeness (QED) is 0.597. The molecule has 0 aliphatic carbocycles. The van der Waals surface area contributed by atoms with Crippen LogP contribution in [0.5, 0.6) is 11.5 Å². The number of aliphatic hydroxyl groups is 1. The maximum Gasteiger partial charge on any atom is 0.164 e. The summed E-state index contributed by atoms with van der Waals surface area (Å²) >= 11 is 0. The van der Waals surface area contributed by atoms with Gasteiger partial charge in [-0.1, -0.05) is 12.1 Å². The van der Waals surface area contributed by atoms with E-state index >= 15 is 0 Å². The normalized spacial score (nSPS) is 23.2. The highest BCUT2D eigenvalue weighted by Gasteiger charge is 2.24. The summed E-state index contributed by atoms with van der Waals surface area (Å²) < 4.78 is 5.17. The van der Waals surface area contributed by atoms with Gasteiger partial charge in [-0.3, -0.25) is 0 Å². The van der Waals surface area contributed by atoms with Gasteiger partial charge in [0.1, 0.15) is 0 Å². The number of benzene rings is 1. The first kappa shape index (κ1) is 13.1. The van der Waals surface area contributed by atoms with Gasteiger partial charge in [0.05, 0.1) is 13.2 Å². The zero-order valence-electron chi connectivity index (χ0n) is 10.5. The van der Waals surface area contributed by atoms with E-state index in [1.807, 2.05) is 6.07 Å². The number of ether oxygens (including phenoxy) is 1. The number of rotatable bonds is 5. The molecule has 1 aliphatic heterocycles. The van der Waals surface area contributed by atoms with Crippen molar-refractivity contribution >= 4 is 0 Å². The first-order valence-electron chi connectivity index (χ1n) is 6.16. The molecule has 18 heavy (non-hydrogen) atoms. The van der Waals surface area contributed by atoms with Gasteiger partial charge in [0.15, 0.2) is 11.5 Å². The summed E-state index contributed by atoms with van der Waals surface area (Å²) in [5, 5.41) is 25.7. The van der Waals surface area contributed by atoms with E-state index in [9.17, 15) is 10.2 Å². The van der Waals surface area contributed by atoms with Crippen molar-refractivity contribution < 1.29 is 14.9 Å². The van der Waals surface area contributed by atoms with Crippen molar-refractivity contribution in [2.75, 3.05) is 26.7 Å². The zero-order valence-corrected chi connectivity index (χ0v) is 10.5. The van der Waals surface area contributed by atoms with Crippen molar-refractivity contribution in [3.63, 3.8) is 0 Å². The Morgan fingerprint density at radius 1 is 1.44 bits per heavy atom. The standard InChI is InChI=1S/C13H20N2O3/c1-18-13-9(3-2-4-11(13)16)5-14-6-10-7-15-8-12(10)17/h2-4,10,12,14-17H,5-8H2,1H3. The van der Waals surface area contributed by atoms with Gasteiger partial charge < -0.3 is 25.6 Å². The van der Waals surface area contributed by atoms with Crippen LogP contribution in [-0.2, 0) is 6.54 Å². The first-order chi connectivity index (χ1) is 8.72. The van der Waals surface area contributed by atoms with E-state index in [1.54, 1.807) is 19.2 Å². The molecule has 5 nitrogen and oxygen atoms in total. The molecule has 1 fully saturated rings. The fourth-order valence-electron chi connectivity index (χ4n) is 2.27. The van der Waals surface area contributed by atoms with Crippen LogP contribution in [0.15, 0.2) is 18.2 Å². The summed E-state index contributed by atoms with van der Waals surface area (Å²) in [6.45, 7) is 2.86. The van der Waals surface area contributed by atoms with Gasteiger partial charge >= 0.3 is 0 Å². The summed E-state index contributed by atoms with van der Waals surface area (Å²) in [5.74, 6) is 0.905. The van der Waals surface area contributed by atoms with Crippen molar-refractivity contribution in [3.8, 4) is 11.5 Å². The SMILES string of the molecule is COc1c(O)cccc1CNCC1CNCC1O. The van der Waals surface area contributed by atoms with Gasteiger partial charge in [0.2, 0.25) is 0 Å². The van der Waals surface area contributed by atoms with Crippen LogP contribution in [-0.4, -0.2) is 43.1 Å². The van der Waals surface area contributed by atoms with Crippen molar-refractivity contribution in [2.24, 2.45) is 5.92 Å². The predicted octanol–water partition coefficient (Wildman–Crippen LogP) is 0.0707. The summed E-state index contributed by atoms with van der Waals surface area (Å²) in [4.78, 5) is 0.